The van der Waals surface area contributed by atoms with Crippen molar-refractivity contribution in [2.75, 3.05) is 6.54 Å². The van der Waals surface area contributed by atoms with E-state index in [0.29, 0.717) is 5.41 Å². The zero-order valence-corrected chi connectivity index (χ0v) is 11.2. The first-order valence-electron chi connectivity index (χ1n) is 7.19. The molecule has 16 heavy (non-hydrogen) atoms. The third kappa shape index (κ3) is 1.05. The molecule has 4 atom stereocenters. The summed E-state index contributed by atoms with van der Waals surface area (Å²) in [6.07, 6.45) is 6.62. The Balaban J connectivity index is 1.75. The second-order valence-corrected chi connectivity index (χ2v) is 6.65. The molecule has 90 valence electrons. The first-order valence-corrected chi connectivity index (χ1v) is 7.19. The van der Waals surface area contributed by atoms with Gasteiger partial charge in [0, 0.05) is 6.42 Å². The third-order valence-electron chi connectivity index (χ3n) is 6.38. The van der Waals surface area contributed by atoms with Crippen molar-refractivity contribution in [1.82, 2.24) is 0 Å². The lowest BCUT2D eigenvalue weighted by Crippen LogP contribution is -2.64. The maximum absolute atomic E-state index is 2.60. The maximum Gasteiger partial charge on any atom is 0.159 e. The molecule has 4 fully saturated rings. The van der Waals surface area contributed by atoms with Crippen LogP contribution in [-0.2, 0) is 0 Å². The van der Waals surface area contributed by atoms with Crippen LogP contribution in [-0.4, -0.2) is 23.4 Å². The van der Waals surface area contributed by atoms with Crippen LogP contribution in [0.4, 0.5) is 0 Å². The van der Waals surface area contributed by atoms with Gasteiger partial charge >= 0.3 is 0 Å². The molecule has 0 N–H and O–H groups in total. The van der Waals surface area contributed by atoms with Gasteiger partial charge in [0.25, 0.3) is 0 Å². The second-order valence-electron chi connectivity index (χ2n) is 6.65. The fourth-order valence-electron chi connectivity index (χ4n) is 5.46. The van der Waals surface area contributed by atoms with E-state index in [0.717, 1.165) is 29.7 Å². The molecule has 3 aliphatic carbocycles. The van der Waals surface area contributed by atoms with E-state index in [2.05, 4.69) is 38.5 Å². The summed E-state index contributed by atoms with van der Waals surface area (Å²) in [5.74, 6) is 4.10. The largest absolute Gasteiger partial charge is 0.236 e. The van der Waals surface area contributed by atoms with Gasteiger partial charge in [-0.25, -0.2) is 4.58 Å². The average Bonchev–Trinajstić information content (AvgIpc) is 2.82. The normalized spacial score (nSPS) is 57.2. The van der Waals surface area contributed by atoms with E-state index in [9.17, 15) is 0 Å². The van der Waals surface area contributed by atoms with Gasteiger partial charge in [0.15, 0.2) is 12.6 Å². The van der Waals surface area contributed by atoms with E-state index in [1.165, 1.54) is 25.8 Å². The Morgan fingerprint density at radius 1 is 1.19 bits per heavy atom. The van der Waals surface area contributed by atoms with Gasteiger partial charge in [0.1, 0.15) is 6.21 Å². The second kappa shape index (κ2) is 3.34. The molecule has 4 aliphatic rings. The van der Waals surface area contributed by atoms with Crippen LogP contribution in [0, 0.1) is 29.1 Å². The van der Waals surface area contributed by atoms with Crippen molar-refractivity contribution < 1.29 is 4.58 Å². The smallest absolute Gasteiger partial charge is 0.159 e. The first kappa shape index (κ1) is 10.8. The molecule has 1 nitrogen and oxygen atoms in total. The van der Waals surface area contributed by atoms with Crippen molar-refractivity contribution in [3.8, 4) is 0 Å². The predicted octanol–water partition coefficient (Wildman–Crippen LogP) is 3.18. The highest BCUT2D eigenvalue weighted by Crippen LogP contribution is 2.70. The lowest BCUT2D eigenvalue weighted by atomic mass is 9.46. The summed E-state index contributed by atoms with van der Waals surface area (Å²) in [4.78, 5) is 0. The van der Waals surface area contributed by atoms with Crippen molar-refractivity contribution in [3.05, 3.63) is 0 Å². The van der Waals surface area contributed by atoms with Crippen LogP contribution in [0.2, 0.25) is 0 Å². The Bertz CT molecular complexity index is 318. The summed E-state index contributed by atoms with van der Waals surface area (Å²) in [6.45, 7) is 11.1. The standard InChI is InChI=1S/C15H26N/c1-5-8-16-9-14(11(16)3)15(4)12-6-7-13(15)10(12)2/h8,10-14H,5-7,9H2,1-4H3/q+1/b16-8+. The fraction of sp³-hybridized carbons (Fsp3) is 0.933. The summed E-state index contributed by atoms with van der Waals surface area (Å²) < 4.78 is 2.57. The third-order valence-corrected chi connectivity index (χ3v) is 6.38. The first-order chi connectivity index (χ1) is 7.60. The molecule has 0 spiro atoms. The Labute approximate surface area is 99.9 Å². The lowest BCUT2D eigenvalue weighted by molar-refractivity contribution is -0.652. The summed E-state index contributed by atoms with van der Waals surface area (Å²) in [7, 11) is 0. The lowest BCUT2D eigenvalue weighted by Gasteiger charge is -2.59. The molecule has 0 amide bonds. The quantitative estimate of drug-likeness (QED) is 0.629. The highest BCUT2D eigenvalue weighted by molar-refractivity contribution is 5.51. The van der Waals surface area contributed by atoms with E-state index >= 15 is 0 Å². The monoisotopic (exact) mass is 220 g/mol. The molecule has 1 saturated heterocycles. The van der Waals surface area contributed by atoms with Gasteiger partial charge in [-0.1, -0.05) is 20.8 Å². The van der Waals surface area contributed by atoms with Crippen LogP contribution >= 0.6 is 0 Å². The zero-order chi connectivity index (χ0) is 11.5. The van der Waals surface area contributed by atoms with Crippen LogP contribution in [0.3, 0.4) is 0 Å². The van der Waals surface area contributed by atoms with Crippen molar-refractivity contribution in [2.45, 2.75) is 53.0 Å². The van der Waals surface area contributed by atoms with Gasteiger partial charge in [0.05, 0.1) is 5.92 Å². The number of fused-ring (bicyclic) bond motifs is 1. The molecule has 0 aromatic heterocycles. The number of hydrogen-bond acceptors (Lipinski definition) is 0. The molecule has 2 bridgehead atoms. The number of rotatable bonds is 2. The molecular formula is C15H26N+. The number of hydrogen-bond donors (Lipinski definition) is 0. The molecule has 1 heteroatoms. The van der Waals surface area contributed by atoms with Gasteiger partial charge in [-0.15, -0.1) is 0 Å². The molecule has 0 aromatic carbocycles. The highest BCUT2D eigenvalue weighted by Gasteiger charge is 2.68. The van der Waals surface area contributed by atoms with E-state index in [1.54, 1.807) is 0 Å². The Morgan fingerprint density at radius 3 is 2.25 bits per heavy atom. The molecule has 4 rings (SSSR count). The van der Waals surface area contributed by atoms with E-state index in [-0.39, 0.29) is 0 Å². The maximum atomic E-state index is 2.60. The van der Waals surface area contributed by atoms with Gasteiger partial charge < -0.3 is 0 Å². The molecule has 0 radical (unpaired) electrons. The molecule has 0 aromatic rings. The summed E-state index contributed by atoms with van der Waals surface area (Å²) in [6, 6.07) is 0.806. The minimum absolute atomic E-state index is 0.705. The Hall–Kier alpha value is -0.330. The average molecular weight is 220 g/mol. The predicted molar refractivity (Wildman–Crippen MR) is 67.9 cm³/mol. The van der Waals surface area contributed by atoms with Crippen LogP contribution in [0.15, 0.2) is 0 Å². The van der Waals surface area contributed by atoms with Crippen molar-refractivity contribution in [2.24, 2.45) is 29.1 Å². The van der Waals surface area contributed by atoms with Crippen molar-refractivity contribution in [3.63, 3.8) is 0 Å². The van der Waals surface area contributed by atoms with E-state index < -0.39 is 0 Å². The molecule has 3 saturated carbocycles. The van der Waals surface area contributed by atoms with Crippen molar-refractivity contribution in [1.29, 1.82) is 0 Å². The van der Waals surface area contributed by atoms with Crippen LogP contribution < -0.4 is 0 Å². The molecule has 1 aliphatic heterocycles. The van der Waals surface area contributed by atoms with E-state index in [4.69, 9.17) is 0 Å². The summed E-state index contributed by atoms with van der Waals surface area (Å²) >= 11 is 0. The molecular weight excluding hydrogens is 194 g/mol. The molecule has 4 unspecified atom stereocenters. The number of nitrogens with zero attached hydrogens (tertiary/aromatic N) is 1. The summed E-state index contributed by atoms with van der Waals surface area (Å²) in [5.41, 5.74) is 0.705. The van der Waals surface area contributed by atoms with Crippen LogP contribution in [0.1, 0.15) is 47.0 Å². The van der Waals surface area contributed by atoms with E-state index in [1.807, 2.05) is 0 Å². The Kier molecular flexibility index (Phi) is 2.25. The fourth-order valence-corrected chi connectivity index (χ4v) is 5.46. The SMILES string of the molecule is CC/C=[N+]1\CC(C2(C)C3CCC2C3C)C1C. The Morgan fingerprint density at radius 2 is 1.81 bits per heavy atom. The van der Waals surface area contributed by atoms with Gasteiger partial charge in [-0.05, 0) is 42.9 Å². The minimum atomic E-state index is 0.705. The van der Waals surface area contributed by atoms with Gasteiger partial charge in [-0.2, -0.15) is 0 Å². The summed E-state index contributed by atoms with van der Waals surface area (Å²) in [5, 5.41) is 0. The van der Waals surface area contributed by atoms with Crippen LogP contribution in [0.5, 0.6) is 0 Å². The van der Waals surface area contributed by atoms with Gasteiger partial charge in [0.2, 0.25) is 0 Å². The van der Waals surface area contributed by atoms with Crippen molar-refractivity contribution >= 4 is 6.21 Å². The zero-order valence-electron chi connectivity index (χ0n) is 11.2. The minimum Gasteiger partial charge on any atom is -0.236 e. The highest BCUT2D eigenvalue weighted by atomic mass is 15.1. The van der Waals surface area contributed by atoms with Crippen LogP contribution in [0.25, 0.3) is 0 Å². The topological polar surface area (TPSA) is 3.01 Å². The molecule has 1 heterocycles. The van der Waals surface area contributed by atoms with Gasteiger partial charge in [-0.3, -0.25) is 0 Å².